The first-order chi connectivity index (χ1) is 22.1. The number of alkyl halides is 3. The quantitative estimate of drug-likeness (QED) is 0.321. The van der Waals surface area contributed by atoms with Gasteiger partial charge in [-0.1, -0.05) is 24.3 Å². The minimum absolute atomic E-state index is 0.00281. The van der Waals surface area contributed by atoms with E-state index in [4.69, 9.17) is 4.74 Å². The molecular weight excluding hydrogens is 601 g/mol. The van der Waals surface area contributed by atoms with Crippen molar-refractivity contribution in [2.24, 2.45) is 0 Å². The van der Waals surface area contributed by atoms with Crippen LogP contribution in [0.3, 0.4) is 0 Å². The van der Waals surface area contributed by atoms with Crippen LogP contribution in [0.2, 0.25) is 0 Å². The second kappa shape index (κ2) is 14.7. The number of hydrogen-bond donors (Lipinski definition) is 1. The summed E-state index contributed by atoms with van der Waals surface area (Å²) in [5, 5.41) is 2.77. The van der Waals surface area contributed by atoms with Gasteiger partial charge in [-0.15, -0.1) is 0 Å². The molecule has 46 heavy (non-hydrogen) atoms. The largest absolute Gasteiger partial charge is 0.401 e. The monoisotopic (exact) mass is 638 g/mol. The van der Waals surface area contributed by atoms with Gasteiger partial charge >= 0.3 is 6.18 Å². The zero-order chi connectivity index (χ0) is 32.7. The molecule has 3 heterocycles. The Hall–Kier alpha value is -4.49. The number of fused-ring (bicyclic) bond motifs is 2. The second-order valence-corrected chi connectivity index (χ2v) is 11.1. The molecule has 0 atom stereocenters. The first-order valence-electron chi connectivity index (χ1n) is 15.3. The van der Waals surface area contributed by atoms with Gasteiger partial charge < -0.3 is 19.9 Å². The van der Waals surface area contributed by atoms with E-state index in [0.717, 1.165) is 24.3 Å². The summed E-state index contributed by atoms with van der Waals surface area (Å²) in [5.74, 6) is -0.931. The minimum Gasteiger partial charge on any atom is -0.378 e. The van der Waals surface area contributed by atoms with Crippen LogP contribution < -0.4 is 15.1 Å². The van der Waals surface area contributed by atoms with Crippen molar-refractivity contribution in [2.45, 2.75) is 32.5 Å². The van der Waals surface area contributed by atoms with Crippen molar-refractivity contribution in [3.05, 3.63) is 78.0 Å². The van der Waals surface area contributed by atoms with Crippen LogP contribution in [0.15, 0.2) is 66.9 Å². The Bertz CT molecular complexity index is 1530. The molecule has 5 rings (SSSR count). The van der Waals surface area contributed by atoms with Crippen LogP contribution in [0.1, 0.15) is 35.7 Å². The van der Waals surface area contributed by atoms with E-state index in [0.29, 0.717) is 24.6 Å². The molecule has 2 aliphatic rings. The molecule has 3 amide bonds. The third-order valence-corrected chi connectivity index (χ3v) is 7.98. The fourth-order valence-electron chi connectivity index (χ4n) is 5.65. The summed E-state index contributed by atoms with van der Waals surface area (Å²) < 4.78 is 45.9. The van der Waals surface area contributed by atoms with Crippen LogP contribution in [-0.2, 0) is 20.9 Å². The number of halogens is 3. The molecule has 3 aromatic rings. The zero-order valence-electron chi connectivity index (χ0n) is 25.6. The molecule has 2 aliphatic heterocycles. The SMILES string of the molecule is CCN(CCN(Cc1ccc(N2CCOCC2)cc1)CC(F)(F)F)C(=O)CCC(=O)N1c2ccccc2C(=O)Nc2cccnc21. The molecule has 0 spiro atoms. The van der Waals surface area contributed by atoms with E-state index < -0.39 is 18.6 Å². The van der Waals surface area contributed by atoms with E-state index in [2.05, 4.69) is 15.2 Å². The lowest BCUT2D eigenvalue weighted by Gasteiger charge is -2.30. The highest BCUT2D eigenvalue weighted by molar-refractivity contribution is 6.17. The summed E-state index contributed by atoms with van der Waals surface area (Å²) >= 11 is 0. The molecule has 10 nitrogen and oxygen atoms in total. The first-order valence-corrected chi connectivity index (χ1v) is 15.3. The average Bonchev–Trinajstić information content (AvgIpc) is 3.17. The molecule has 2 aromatic carbocycles. The highest BCUT2D eigenvalue weighted by Crippen LogP contribution is 2.36. The first kappa shape index (κ1) is 32.9. The number of likely N-dealkylation sites (N-methyl/N-ethyl adjacent to an activating group) is 1. The van der Waals surface area contributed by atoms with Crippen LogP contribution in [0.4, 0.5) is 36.1 Å². The lowest BCUT2D eigenvalue weighted by atomic mass is 10.1. The number of pyridine rings is 1. The van der Waals surface area contributed by atoms with Gasteiger partial charge in [-0.25, -0.2) is 4.98 Å². The maximum atomic E-state index is 13.6. The Morgan fingerprint density at radius 1 is 0.978 bits per heavy atom. The molecule has 0 bridgehead atoms. The number of carbonyl (C=O) groups is 3. The molecule has 0 radical (unpaired) electrons. The van der Waals surface area contributed by atoms with E-state index in [9.17, 15) is 27.6 Å². The molecule has 0 saturated carbocycles. The molecule has 1 fully saturated rings. The van der Waals surface area contributed by atoms with Crippen LogP contribution in [0, 0.1) is 0 Å². The fraction of sp³-hybridized carbons (Fsp3) is 0.394. The number of aromatic nitrogens is 1. The predicted molar refractivity (Wildman–Crippen MR) is 168 cm³/mol. The number of benzene rings is 2. The fourth-order valence-corrected chi connectivity index (χ4v) is 5.65. The van der Waals surface area contributed by atoms with Gasteiger partial charge in [0.1, 0.15) is 0 Å². The zero-order valence-corrected chi connectivity index (χ0v) is 25.6. The van der Waals surface area contributed by atoms with Gasteiger partial charge in [0.15, 0.2) is 5.82 Å². The van der Waals surface area contributed by atoms with Gasteiger partial charge in [-0.3, -0.25) is 24.2 Å². The number of amides is 3. The Morgan fingerprint density at radius 3 is 2.43 bits per heavy atom. The second-order valence-electron chi connectivity index (χ2n) is 11.1. The van der Waals surface area contributed by atoms with Gasteiger partial charge in [0.05, 0.1) is 36.7 Å². The van der Waals surface area contributed by atoms with E-state index in [1.807, 2.05) is 24.3 Å². The molecule has 1 saturated heterocycles. The van der Waals surface area contributed by atoms with Crippen molar-refractivity contribution < 1.29 is 32.3 Å². The maximum Gasteiger partial charge on any atom is 0.401 e. The number of nitrogens with zero attached hydrogens (tertiary/aromatic N) is 5. The number of rotatable bonds is 11. The highest BCUT2D eigenvalue weighted by Gasteiger charge is 2.32. The number of hydrogen-bond acceptors (Lipinski definition) is 7. The summed E-state index contributed by atoms with van der Waals surface area (Å²) in [6.45, 7) is 3.85. The van der Waals surface area contributed by atoms with Crippen molar-refractivity contribution in [1.82, 2.24) is 14.8 Å². The standard InChI is InChI=1S/C33H37F3N6O4/c1-2-40(17-16-39(23-33(34,35)36)22-24-9-11-25(12-10-24)41-18-20-46-21-19-41)29(43)13-14-30(44)42-28-8-4-3-6-26(28)32(45)38-27-7-5-15-37-31(27)42/h3-12,15H,2,13-14,16-23H2,1H3,(H,38,45). The van der Waals surface area contributed by atoms with Gasteiger partial charge in [-0.05, 0) is 48.9 Å². The Morgan fingerprint density at radius 2 is 1.72 bits per heavy atom. The number of morpholine rings is 1. The van der Waals surface area contributed by atoms with Crippen molar-refractivity contribution >= 4 is 40.6 Å². The van der Waals surface area contributed by atoms with Gasteiger partial charge in [0.25, 0.3) is 5.91 Å². The summed E-state index contributed by atoms with van der Waals surface area (Å²) in [4.78, 5) is 50.2. The summed E-state index contributed by atoms with van der Waals surface area (Å²) in [5.41, 5.74) is 2.73. The topological polar surface area (TPSA) is 98.3 Å². The smallest absolute Gasteiger partial charge is 0.378 e. The number of nitrogens with one attached hydrogen (secondary N) is 1. The van der Waals surface area contributed by atoms with Crippen molar-refractivity contribution in [1.29, 1.82) is 0 Å². The molecule has 0 aliphatic carbocycles. The van der Waals surface area contributed by atoms with Crippen molar-refractivity contribution in [3.8, 4) is 0 Å². The molecule has 1 N–H and O–H groups in total. The third kappa shape index (κ3) is 8.20. The minimum atomic E-state index is -4.41. The van der Waals surface area contributed by atoms with Gasteiger partial charge in [0.2, 0.25) is 11.8 Å². The molecule has 244 valence electrons. The van der Waals surface area contributed by atoms with Gasteiger partial charge in [0, 0.05) is 64.0 Å². The average molecular weight is 639 g/mol. The van der Waals surface area contributed by atoms with Crippen molar-refractivity contribution in [3.63, 3.8) is 0 Å². The summed E-state index contributed by atoms with van der Waals surface area (Å²) in [6.07, 6.45) is -3.24. The summed E-state index contributed by atoms with van der Waals surface area (Å²) in [6, 6.07) is 17.4. The maximum absolute atomic E-state index is 13.6. The van der Waals surface area contributed by atoms with Crippen LogP contribution >= 0.6 is 0 Å². The van der Waals surface area contributed by atoms with E-state index in [1.54, 1.807) is 43.3 Å². The van der Waals surface area contributed by atoms with Crippen molar-refractivity contribution in [2.75, 3.05) is 67.6 Å². The normalized spacial score (nSPS) is 14.8. The molecular formula is C33H37F3N6O4. The van der Waals surface area contributed by atoms with Crippen LogP contribution in [-0.4, -0.2) is 91.2 Å². The van der Waals surface area contributed by atoms with E-state index >= 15 is 0 Å². The summed E-state index contributed by atoms with van der Waals surface area (Å²) in [7, 11) is 0. The molecule has 1 aromatic heterocycles. The Kier molecular flexibility index (Phi) is 10.5. The van der Waals surface area contributed by atoms with Crippen LogP contribution in [0.25, 0.3) is 0 Å². The number of carbonyl (C=O) groups excluding carboxylic acids is 3. The van der Waals surface area contributed by atoms with E-state index in [-0.39, 0.29) is 62.2 Å². The predicted octanol–water partition coefficient (Wildman–Crippen LogP) is 4.84. The molecule has 0 unspecified atom stereocenters. The van der Waals surface area contributed by atoms with E-state index in [1.165, 1.54) is 20.9 Å². The van der Waals surface area contributed by atoms with Crippen LogP contribution in [0.5, 0.6) is 0 Å². The number of anilines is 4. The Balaban J connectivity index is 1.22. The Labute approximate surface area is 265 Å². The van der Waals surface area contributed by atoms with Gasteiger partial charge in [-0.2, -0.15) is 13.2 Å². The third-order valence-electron chi connectivity index (χ3n) is 7.98. The number of ether oxygens (including phenoxy) is 1. The highest BCUT2D eigenvalue weighted by atomic mass is 19.4. The number of para-hydroxylation sites is 1. The lowest BCUT2D eigenvalue weighted by molar-refractivity contribution is -0.148. The lowest BCUT2D eigenvalue weighted by Crippen LogP contribution is -2.42. The molecule has 13 heteroatoms.